The van der Waals surface area contributed by atoms with Crippen molar-refractivity contribution in [1.82, 2.24) is 0 Å². The molecule has 0 heterocycles. The number of rotatable bonds is 14. The molecule has 0 saturated carbocycles. The first-order chi connectivity index (χ1) is 19.0. The van der Waals surface area contributed by atoms with E-state index < -0.39 is 19.9 Å². The molecule has 0 radical (unpaired) electrons. The number of hydrogen-bond acceptors (Lipinski definition) is 6. The lowest BCUT2D eigenvalue weighted by Crippen LogP contribution is -2.29. The number of benzene rings is 2. The Bertz CT molecular complexity index is 1240. The highest BCUT2D eigenvalue weighted by Gasteiger charge is 2.35. The van der Waals surface area contributed by atoms with Gasteiger partial charge in [-0.3, -0.25) is 9.05 Å². The fourth-order valence-corrected chi connectivity index (χ4v) is 6.01. The smallest absolute Gasteiger partial charge is 0.473 e. The number of allylic oxidation sites excluding steroid dienone is 3. The summed E-state index contributed by atoms with van der Waals surface area (Å²) in [5, 5.41) is 11.2. The van der Waals surface area contributed by atoms with Crippen LogP contribution < -0.4 is 4.74 Å². The second-order valence-corrected chi connectivity index (χ2v) is 12.1. The molecule has 8 heteroatoms. The zero-order valence-corrected chi connectivity index (χ0v) is 25.0. The maximum Gasteiger partial charge on any atom is 0.473 e. The second kappa shape index (κ2) is 14.8. The minimum atomic E-state index is -4.58. The highest BCUT2D eigenvalue weighted by Crippen LogP contribution is 2.48. The van der Waals surface area contributed by atoms with Crippen LogP contribution in [0.15, 0.2) is 66.3 Å². The molecule has 2 unspecified atom stereocenters. The molecule has 3 rings (SSSR count). The molecule has 0 aliphatic heterocycles. The van der Waals surface area contributed by atoms with Gasteiger partial charge in [0.15, 0.2) is 6.10 Å². The third-order valence-corrected chi connectivity index (χ3v) is 8.20. The number of esters is 1. The zero-order valence-electron chi connectivity index (χ0n) is 24.1. The van der Waals surface area contributed by atoms with Crippen molar-refractivity contribution in [3.8, 4) is 11.5 Å². The Balaban J connectivity index is 1.92. The number of hydrogen-bond donors (Lipinski definition) is 2. The van der Waals surface area contributed by atoms with E-state index in [9.17, 15) is 19.4 Å². The molecule has 2 aromatic carbocycles. The number of phosphoric ester groups is 1. The first-order valence-corrected chi connectivity index (χ1v) is 15.6. The van der Waals surface area contributed by atoms with Gasteiger partial charge < -0.3 is 14.7 Å². The first kappa shape index (κ1) is 31.8. The van der Waals surface area contributed by atoms with Crippen molar-refractivity contribution in [1.29, 1.82) is 0 Å². The molecule has 0 aromatic heterocycles. The normalized spacial score (nSPS) is 19.4. The Labute approximate surface area is 238 Å². The van der Waals surface area contributed by atoms with Crippen molar-refractivity contribution < 1.29 is 33.1 Å². The van der Waals surface area contributed by atoms with Crippen molar-refractivity contribution in [2.75, 3.05) is 0 Å². The number of phosphoric acid groups is 1. The van der Waals surface area contributed by atoms with E-state index in [1.807, 2.05) is 26.8 Å². The van der Waals surface area contributed by atoms with E-state index in [1.165, 1.54) is 5.57 Å². The van der Waals surface area contributed by atoms with Crippen molar-refractivity contribution in [2.24, 2.45) is 5.92 Å². The van der Waals surface area contributed by atoms with Gasteiger partial charge >= 0.3 is 13.8 Å². The summed E-state index contributed by atoms with van der Waals surface area (Å²) in [6, 6.07) is 12.5. The van der Waals surface area contributed by atoms with Gasteiger partial charge in [0.1, 0.15) is 11.5 Å². The van der Waals surface area contributed by atoms with Crippen LogP contribution in [0.5, 0.6) is 11.5 Å². The van der Waals surface area contributed by atoms with Gasteiger partial charge in [0, 0.05) is 11.5 Å². The molecular weight excluding hydrogens is 527 g/mol. The van der Waals surface area contributed by atoms with Crippen LogP contribution in [0.25, 0.3) is 0 Å². The molecule has 0 spiro atoms. The molecule has 218 valence electrons. The van der Waals surface area contributed by atoms with Crippen molar-refractivity contribution >= 4 is 13.8 Å². The number of carbonyl (C=O) groups excluding carboxylic acids is 1. The Morgan fingerprint density at radius 1 is 1.15 bits per heavy atom. The SMILES string of the molecule is C=C(C)[C@@H]1CCC(C)=C[C@H]1c1c(O)cc(CCC)cc1OC(=O)C(CCCC)OP(=O)(O)OCc1ccccc1. The van der Waals surface area contributed by atoms with Gasteiger partial charge in [-0.25, -0.2) is 9.36 Å². The van der Waals surface area contributed by atoms with Crippen LogP contribution in [0.1, 0.15) is 88.8 Å². The van der Waals surface area contributed by atoms with E-state index >= 15 is 0 Å². The molecule has 0 fully saturated rings. The summed E-state index contributed by atoms with van der Waals surface area (Å²) in [7, 11) is -4.58. The largest absolute Gasteiger partial charge is 0.507 e. The fraction of sp³-hybridized carbons (Fsp3) is 0.469. The Hall–Kier alpha value is -2.70. The van der Waals surface area contributed by atoms with Gasteiger partial charge in [-0.05, 0) is 68.7 Å². The Kier molecular flexibility index (Phi) is 11.8. The van der Waals surface area contributed by atoms with Crippen LogP contribution in [0, 0.1) is 5.92 Å². The van der Waals surface area contributed by atoms with Crippen molar-refractivity contribution in [2.45, 2.75) is 91.3 Å². The number of aryl methyl sites for hydroxylation is 1. The monoisotopic (exact) mass is 570 g/mol. The standard InChI is InChI=1S/C32H43O7P/c1-6-8-15-29(39-40(35,36)37-21-24-13-10-9-11-14-24)32(34)38-30-20-25(12-7-2)19-28(33)31(30)27-18-23(5)16-17-26(27)22(3)4/h9-11,13-14,18-20,26-27,29,33H,3,6-8,12,15-17,21H2,1-2,4-5H3,(H,35,36)/t26-,27+,29?/m0/s1. The third-order valence-electron chi connectivity index (χ3n) is 7.22. The van der Waals surface area contributed by atoms with Gasteiger partial charge in [0.2, 0.25) is 0 Å². The molecule has 2 N–H and O–H groups in total. The number of aromatic hydroxyl groups is 1. The van der Waals surface area contributed by atoms with Crippen LogP contribution >= 0.6 is 7.82 Å². The lowest BCUT2D eigenvalue weighted by Gasteiger charge is -2.32. The molecular formula is C32H43O7P. The van der Waals surface area contributed by atoms with E-state index in [0.717, 1.165) is 36.8 Å². The number of phenols is 1. The van der Waals surface area contributed by atoms with Crippen molar-refractivity contribution in [3.05, 3.63) is 83.0 Å². The van der Waals surface area contributed by atoms with Crippen LogP contribution in [0.2, 0.25) is 0 Å². The predicted octanol–water partition coefficient (Wildman–Crippen LogP) is 8.16. The average molecular weight is 571 g/mol. The molecule has 4 atom stereocenters. The van der Waals surface area contributed by atoms with Crippen molar-refractivity contribution in [3.63, 3.8) is 0 Å². The first-order valence-electron chi connectivity index (χ1n) is 14.1. The van der Waals surface area contributed by atoms with Crippen LogP contribution in [-0.2, 0) is 31.4 Å². The van der Waals surface area contributed by atoms with Crippen LogP contribution in [0.4, 0.5) is 0 Å². The van der Waals surface area contributed by atoms with E-state index in [0.29, 0.717) is 24.0 Å². The summed E-state index contributed by atoms with van der Waals surface area (Å²) in [5.74, 6) is -0.665. The minimum absolute atomic E-state index is 0.0565. The minimum Gasteiger partial charge on any atom is -0.507 e. The average Bonchev–Trinajstić information content (AvgIpc) is 2.90. The molecule has 0 bridgehead atoms. The molecule has 2 aromatic rings. The molecule has 40 heavy (non-hydrogen) atoms. The maximum atomic E-state index is 13.5. The second-order valence-electron chi connectivity index (χ2n) is 10.7. The quantitative estimate of drug-likeness (QED) is 0.102. The summed E-state index contributed by atoms with van der Waals surface area (Å²) >= 11 is 0. The summed E-state index contributed by atoms with van der Waals surface area (Å²) in [4.78, 5) is 24.0. The summed E-state index contributed by atoms with van der Waals surface area (Å²) in [6.45, 7) is 12.0. The molecule has 0 saturated heterocycles. The fourth-order valence-electron chi connectivity index (χ4n) is 5.12. The van der Waals surface area contributed by atoms with E-state index in [4.69, 9.17) is 13.8 Å². The van der Waals surface area contributed by atoms with Gasteiger partial charge in [-0.2, -0.15) is 0 Å². The molecule has 1 aliphatic rings. The molecule has 7 nitrogen and oxygen atoms in total. The van der Waals surface area contributed by atoms with E-state index in [1.54, 1.807) is 36.4 Å². The lowest BCUT2D eigenvalue weighted by atomic mass is 9.73. The highest BCUT2D eigenvalue weighted by atomic mass is 31.2. The predicted molar refractivity (Wildman–Crippen MR) is 157 cm³/mol. The Morgan fingerprint density at radius 3 is 2.52 bits per heavy atom. The highest BCUT2D eigenvalue weighted by molar-refractivity contribution is 7.47. The maximum absolute atomic E-state index is 13.5. The number of phenolic OH excluding ortho intramolecular Hbond substituents is 1. The van der Waals surface area contributed by atoms with Gasteiger partial charge in [0.05, 0.1) is 6.61 Å². The summed E-state index contributed by atoms with van der Waals surface area (Å²) in [5.41, 5.74) is 4.23. The van der Waals surface area contributed by atoms with Crippen LogP contribution in [0.3, 0.4) is 0 Å². The Morgan fingerprint density at radius 2 is 1.88 bits per heavy atom. The zero-order chi connectivity index (χ0) is 29.3. The van der Waals surface area contributed by atoms with Crippen LogP contribution in [-0.4, -0.2) is 22.1 Å². The number of carbonyl (C=O) groups is 1. The van der Waals surface area contributed by atoms with E-state index in [2.05, 4.69) is 19.6 Å². The third kappa shape index (κ3) is 8.90. The lowest BCUT2D eigenvalue weighted by molar-refractivity contribution is -0.143. The molecule has 0 amide bonds. The number of ether oxygens (including phenoxy) is 1. The van der Waals surface area contributed by atoms with E-state index in [-0.39, 0.29) is 36.4 Å². The molecule has 1 aliphatic carbocycles. The van der Waals surface area contributed by atoms with Gasteiger partial charge in [-0.15, -0.1) is 0 Å². The topological polar surface area (TPSA) is 102 Å². The van der Waals surface area contributed by atoms with Gasteiger partial charge in [-0.1, -0.05) is 87.2 Å². The number of unbranched alkanes of at least 4 members (excludes halogenated alkanes) is 1. The van der Waals surface area contributed by atoms with Gasteiger partial charge in [0.25, 0.3) is 0 Å². The summed E-state index contributed by atoms with van der Waals surface area (Å²) < 4.78 is 29.3. The summed E-state index contributed by atoms with van der Waals surface area (Å²) in [6.07, 6.45) is 5.64.